The number of amides is 1. The van der Waals surface area contributed by atoms with E-state index in [1.807, 2.05) is 26.8 Å². The number of benzene rings is 3. The molecule has 0 heterocycles. The predicted molar refractivity (Wildman–Crippen MR) is 120 cm³/mol. The number of hydrogen-bond donors (Lipinski definition) is 1. The minimum absolute atomic E-state index is 0.233. The lowest BCUT2D eigenvalue weighted by atomic mass is 10.1. The molecule has 162 valence electrons. The number of ether oxygens (including phenoxy) is 2. The van der Waals surface area contributed by atoms with Crippen LogP contribution >= 0.6 is 11.6 Å². The Morgan fingerprint density at radius 1 is 1.06 bits per heavy atom. The fourth-order valence-corrected chi connectivity index (χ4v) is 3.23. The number of hydrogen-bond acceptors (Lipinski definition) is 3. The van der Waals surface area contributed by atoms with Crippen LogP contribution in [0.2, 0.25) is 5.02 Å². The normalized spacial score (nSPS) is 11.6. The molecular weight excluding hydrogens is 417 g/mol. The van der Waals surface area contributed by atoms with Gasteiger partial charge in [-0.2, -0.15) is 0 Å². The maximum Gasteiger partial charge on any atom is 0.251 e. The van der Waals surface area contributed by atoms with Gasteiger partial charge in [0.1, 0.15) is 23.9 Å². The zero-order valence-electron chi connectivity index (χ0n) is 17.7. The van der Waals surface area contributed by atoms with Crippen molar-refractivity contribution in [2.45, 2.75) is 33.4 Å². The van der Waals surface area contributed by atoms with Crippen molar-refractivity contribution in [1.82, 2.24) is 5.32 Å². The van der Waals surface area contributed by atoms with Crippen molar-refractivity contribution in [3.05, 3.63) is 93.8 Å². The Balaban J connectivity index is 1.75. The first kappa shape index (κ1) is 22.6. The molecule has 0 aliphatic carbocycles. The van der Waals surface area contributed by atoms with Gasteiger partial charge in [-0.3, -0.25) is 4.79 Å². The molecule has 0 saturated heterocycles. The molecule has 0 aliphatic rings. The van der Waals surface area contributed by atoms with Gasteiger partial charge in [0.25, 0.3) is 5.91 Å². The largest absolute Gasteiger partial charge is 0.493 e. The van der Waals surface area contributed by atoms with E-state index in [-0.39, 0.29) is 24.4 Å². The van der Waals surface area contributed by atoms with Gasteiger partial charge in [-0.1, -0.05) is 23.7 Å². The average molecular weight is 442 g/mol. The second kappa shape index (κ2) is 10.3. The summed E-state index contributed by atoms with van der Waals surface area (Å²) in [6, 6.07) is 16.5. The maximum atomic E-state index is 13.1. The molecule has 0 spiro atoms. The molecule has 4 nitrogen and oxygen atoms in total. The van der Waals surface area contributed by atoms with Crippen LogP contribution < -0.4 is 14.8 Å². The summed E-state index contributed by atoms with van der Waals surface area (Å²) in [5.41, 5.74) is 2.99. The third-order valence-electron chi connectivity index (χ3n) is 4.86. The Morgan fingerprint density at radius 3 is 2.48 bits per heavy atom. The Hall–Kier alpha value is -3.05. The molecule has 0 aliphatic heterocycles. The number of aryl methyl sites for hydroxylation is 1. The van der Waals surface area contributed by atoms with E-state index in [1.54, 1.807) is 42.5 Å². The molecule has 1 atom stereocenters. The molecule has 3 rings (SSSR count). The highest BCUT2D eigenvalue weighted by Gasteiger charge is 2.15. The van der Waals surface area contributed by atoms with Gasteiger partial charge in [-0.05, 0) is 80.4 Å². The molecule has 0 fully saturated rings. The van der Waals surface area contributed by atoms with Crippen molar-refractivity contribution in [3.8, 4) is 11.5 Å². The summed E-state index contributed by atoms with van der Waals surface area (Å²) in [5.74, 6) is 0.804. The zero-order valence-corrected chi connectivity index (χ0v) is 18.5. The predicted octanol–water partition coefficient (Wildman–Crippen LogP) is 6.26. The summed E-state index contributed by atoms with van der Waals surface area (Å²) in [4.78, 5) is 12.8. The van der Waals surface area contributed by atoms with Crippen LogP contribution in [0.5, 0.6) is 11.5 Å². The first-order valence-corrected chi connectivity index (χ1v) is 10.5. The quantitative estimate of drug-likeness (QED) is 0.449. The van der Waals surface area contributed by atoms with Gasteiger partial charge in [0, 0.05) is 16.1 Å². The van der Waals surface area contributed by atoms with E-state index in [2.05, 4.69) is 5.32 Å². The standard InChI is InChI=1S/C25H25ClFNO3/c1-4-30-24-12-7-19(25(29)28-17(3)18-5-8-21(27)9-6-18)14-20(24)15-31-22-10-11-23(26)16(2)13-22/h5-14,17H,4,15H2,1-3H3,(H,28,29)/t17-/m0/s1. The minimum Gasteiger partial charge on any atom is -0.493 e. The Kier molecular flexibility index (Phi) is 7.53. The maximum absolute atomic E-state index is 13.1. The van der Waals surface area contributed by atoms with E-state index in [9.17, 15) is 9.18 Å². The van der Waals surface area contributed by atoms with Crippen LogP contribution in [0.25, 0.3) is 0 Å². The molecule has 3 aromatic carbocycles. The molecule has 1 N–H and O–H groups in total. The third kappa shape index (κ3) is 5.98. The fraction of sp³-hybridized carbons (Fsp3) is 0.240. The van der Waals surface area contributed by atoms with Gasteiger partial charge >= 0.3 is 0 Å². The summed E-state index contributed by atoms with van der Waals surface area (Å²) in [5, 5.41) is 3.62. The Bertz CT molecular complexity index is 1050. The van der Waals surface area contributed by atoms with Gasteiger partial charge in [-0.25, -0.2) is 4.39 Å². The molecule has 6 heteroatoms. The lowest BCUT2D eigenvalue weighted by Crippen LogP contribution is -2.26. The van der Waals surface area contributed by atoms with E-state index < -0.39 is 0 Å². The monoisotopic (exact) mass is 441 g/mol. The number of nitrogens with one attached hydrogen (secondary N) is 1. The van der Waals surface area contributed by atoms with Gasteiger partial charge in [0.15, 0.2) is 0 Å². The number of carbonyl (C=O) groups is 1. The van der Waals surface area contributed by atoms with Crippen LogP contribution in [0.1, 0.15) is 46.9 Å². The topological polar surface area (TPSA) is 47.6 Å². The molecule has 0 unspecified atom stereocenters. The van der Waals surface area contributed by atoms with Crippen LogP contribution in [-0.2, 0) is 6.61 Å². The highest BCUT2D eigenvalue weighted by Crippen LogP contribution is 2.25. The first-order valence-electron chi connectivity index (χ1n) is 10.1. The molecule has 0 aromatic heterocycles. The van der Waals surface area contributed by atoms with Gasteiger partial charge in [0.2, 0.25) is 0 Å². The van der Waals surface area contributed by atoms with E-state index in [1.165, 1.54) is 12.1 Å². The summed E-state index contributed by atoms with van der Waals surface area (Å²) < 4.78 is 24.7. The van der Waals surface area contributed by atoms with Gasteiger partial charge in [0.05, 0.1) is 12.6 Å². The number of rotatable bonds is 8. The molecule has 3 aromatic rings. The van der Waals surface area contributed by atoms with Crippen molar-refractivity contribution in [3.63, 3.8) is 0 Å². The molecule has 0 saturated carbocycles. The molecular formula is C25H25ClFNO3. The highest BCUT2D eigenvalue weighted by atomic mass is 35.5. The van der Waals surface area contributed by atoms with Crippen molar-refractivity contribution in [2.24, 2.45) is 0 Å². The van der Waals surface area contributed by atoms with Crippen molar-refractivity contribution >= 4 is 17.5 Å². The van der Waals surface area contributed by atoms with E-state index in [0.717, 1.165) is 16.7 Å². The second-order valence-electron chi connectivity index (χ2n) is 7.20. The van der Waals surface area contributed by atoms with Crippen molar-refractivity contribution in [1.29, 1.82) is 0 Å². The van der Waals surface area contributed by atoms with Crippen molar-refractivity contribution < 1.29 is 18.7 Å². The minimum atomic E-state index is -0.311. The smallest absolute Gasteiger partial charge is 0.251 e. The summed E-state index contributed by atoms with van der Waals surface area (Å²) in [6.07, 6.45) is 0. The lowest BCUT2D eigenvalue weighted by Gasteiger charge is -2.16. The SMILES string of the molecule is CCOc1ccc(C(=O)N[C@@H](C)c2ccc(F)cc2)cc1COc1ccc(Cl)c(C)c1. The third-order valence-corrected chi connectivity index (χ3v) is 5.29. The van der Waals surface area contributed by atoms with E-state index in [0.29, 0.717) is 28.7 Å². The van der Waals surface area contributed by atoms with Gasteiger partial charge in [-0.15, -0.1) is 0 Å². The van der Waals surface area contributed by atoms with Crippen LogP contribution in [0.15, 0.2) is 60.7 Å². The first-order chi connectivity index (χ1) is 14.9. The van der Waals surface area contributed by atoms with Crippen LogP contribution in [0.3, 0.4) is 0 Å². The molecule has 0 radical (unpaired) electrons. The van der Waals surface area contributed by atoms with E-state index >= 15 is 0 Å². The Morgan fingerprint density at radius 2 is 1.81 bits per heavy atom. The Labute approximate surface area is 187 Å². The molecule has 31 heavy (non-hydrogen) atoms. The summed E-state index contributed by atoms with van der Waals surface area (Å²) in [7, 11) is 0. The fourth-order valence-electron chi connectivity index (χ4n) is 3.11. The average Bonchev–Trinajstić information content (AvgIpc) is 2.76. The number of carbonyl (C=O) groups excluding carboxylic acids is 1. The second-order valence-corrected chi connectivity index (χ2v) is 7.61. The van der Waals surface area contributed by atoms with E-state index in [4.69, 9.17) is 21.1 Å². The molecule has 1 amide bonds. The highest BCUT2D eigenvalue weighted by molar-refractivity contribution is 6.31. The number of halogens is 2. The zero-order chi connectivity index (χ0) is 22.4. The van der Waals surface area contributed by atoms with Gasteiger partial charge < -0.3 is 14.8 Å². The summed E-state index contributed by atoms with van der Waals surface area (Å²) in [6.45, 7) is 6.41. The van der Waals surface area contributed by atoms with Crippen LogP contribution in [-0.4, -0.2) is 12.5 Å². The lowest BCUT2D eigenvalue weighted by molar-refractivity contribution is 0.0939. The van der Waals surface area contributed by atoms with Crippen molar-refractivity contribution in [2.75, 3.05) is 6.61 Å². The molecule has 0 bridgehead atoms. The van der Waals surface area contributed by atoms with Crippen LogP contribution in [0, 0.1) is 12.7 Å². The van der Waals surface area contributed by atoms with Crippen LogP contribution in [0.4, 0.5) is 4.39 Å². The summed E-state index contributed by atoms with van der Waals surface area (Å²) >= 11 is 6.07.